The maximum Gasteiger partial charge on any atom is 0.329 e. The number of nitrogens with zero attached hydrogens (tertiary/aromatic N) is 1. The Kier molecular flexibility index (Phi) is 5.37. The minimum atomic E-state index is -1.22. The fourth-order valence-corrected chi connectivity index (χ4v) is 0.873. The Labute approximate surface area is 95.8 Å². The van der Waals surface area contributed by atoms with Gasteiger partial charge in [0, 0.05) is 20.0 Å². The van der Waals surface area contributed by atoms with E-state index >= 15 is 0 Å². The van der Waals surface area contributed by atoms with Gasteiger partial charge in [0.1, 0.15) is 5.54 Å². The zero-order valence-electron chi connectivity index (χ0n) is 10.1. The lowest BCUT2D eigenvalue weighted by Crippen LogP contribution is -2.54. The Hall–Kier alpha value is -1.70. The molecule has 5 heteroatoms. The molecule has 0 radical (unpaired) electrons. The first-order valence-electron chi connectivity index (χ1n) is 4.98. The van der Waals surface area contributed by atoms with Crippen molar-refractivity contribution < 1.29 is 14.7 Å². The summed E-state index contributed by atoms with van der Waals surface area (Å²) in [5.74, 6) is 4.47. The van der Waals surface area contributed by atoms with E-state index in [2.05, 4.69) is 17.2 Å². The van der Waals surface area contributed by atoms with Gasteiger partial charge in [0.15, 0.2) is 0 Å². The average molecular weight is 226 g/mol. The molecule has 0 unspecified atom stereocenters. The lowest BCUT2D eigenvalue weighted by Gasteiger charge is -2.31. The van der Waals surface area contributed by atoms with Crippen molar-refractivity contribution in [3.63, 3.8) is 0 Å². The normalized spacial score (nSPS) is 10.0. The SMILES string of the molecule is CC#CCCNC(=O)N(C)C(C)(C)C(=O)O. The monoisotopic (exact) mass is 226 g/mol. The van der Waals surface area contributed by atoms with E-state index in [1.165, 1.54) is 20.9 Å². The van der Waals surface area contributed by atoms with Crippen molar-refractivity contribution in [2.45, 2.75) is 32.7 Å². The lowest BCUT2D eigenvalue weighted by atomic mass is 10.1. The molecule has 0 bridgehead atoms. The number of carboxylic acids is 1. The third-order valence-corrected chi connectivity index (χ3v) is 2.37. The number of likely N-dealkylation sites (N-methyl/N-ethyl adjacent to an activating group) is 1. The zero-order valence-corrected chi connectivity index (χ0v) is 10.1. The van der Waals surface area contributed by atoms with Crippen molar-refractivity contribution in [1.82, 2.24) is 10.2 Å². The second-order valence-corrected chi connectivity index (χ2v) is 3.83. The van der Waals surface area contributed by atoms with E-state index in [-0.39, 0.29) is 0 Å². The van der Waals surface area contributed by atoms with E-state index in [9.17, 15) is 9.59 Å². The van der Waals surface area contributed by atoms with Crippen LogP contribution in [-0.2, 0) is 4.79 Å². The Morgan fingerprint density at radius 2 is 2.00 bits per heavy atom. The lowest BCUT2D eigenvalue weighted by molar-refractivity contribution is -0.146. The molecule has 0 heterocycles. The van der Waals surface area contributed by atoms with Crippen LogP contribution in [0, 0.1) is 11.8 Å². The molecule has 0 saturated heterocycles. The molecule has 0 aromatic heterocycles. The first kappa shape index (κ1) is 14.3. The predicted octanol–water partition coefficient (Wildman–Crippen LogP) is 0.904. The highest BCUT2D eigenvalue weighted by Gasteiger charge is 2.34. The maximum absolute atomic E-state index is 11.6. The van der Waals surface area contributed by atoms with Gasteiger partial charge in [-0.3, -0.25) is 0 Å². The summed E-state index contributed by atoms with van der Waals surface area (Å²) in [4.78, 5) is 23.6. The van der Waals surface area contributed by atoms with Crippen molar-refractivity contribution in [2.24, 2.45) is 0 Å². The van der Waals surface area contributed by atoms with E-state index in [0.29, 0.717) is 13.0 Å². The Bertz CT molecular complexity index is 326. The van der Waals surface area contributed by atoms with Gasteiger partial charge in [-0.1, -0.05) is 0 Å². The summed E-state index contributed by atoms with van der Waals surface area (Å²) < 4.78 is 0. The van der Waals surface area contributed by atoms with Crippen LogP contribution in [0.25, 0.3) is 0 Å². The topological polar surface area (TPSA) is 69.6 Å². The molecule has 0 aliphatic carbocycles. The number of aliphatic carboxylic acids is 1. The van der Waals surface area contributed by atoms with Crippen LogP contribution in [-0.4, -0.2) is 41.1 Å². The highest BCUT2D eigenvalue weighted by atomic mass is 16.4. The molecule has 0 aliphatic heterocycles. The first-order valence-corrected chi connectivity index (χ1v) is 4.98. The highest BCUT2D eigenvalue weighted by Crippen LogP contribution is 2.12. The number of carbonyl (C=O) groups excluding carboxylic acids is 1. The van der Waals surface area contributed by atoms with Gasteiger partial charge < -0.3 is 15.3 Å². The third kappa shape index (κ3) is 3.81. The minimum absolute atomic E-state index is 0.412. The second kappa shape index (κ2) is 6.01. The number of carboxylic acid groups (broad SMARTS) is 1. The number of nitrogens with one attached hydrogen (secondary N) is 1. The van der Waals surface area contributed by atoms with Crippen molar-refractivity contribution in [3.8, 4) is 11.8 Å². The van der Waals surface area contributed by atoms with Gasteiger partial charge >= 0.3 is 12.0 Å². The van der Waals surface area contributed by atoms with Gasteiger partial charge in [0.25, 0.3) is 0 Å². The number of rotatable bonds is 4. The minimum Gasteiger partial charge on any atom is -0.480 e. The summed E-state index contributed by atoms with van der Waals surface area (Å²) in [7, 11) is 1.45. The van der Waals surface area contributed by atoms with Crippen molar-refractivity contribution >= 4 is 12.0 Å². The summed E-state index contributed by atoms with van der Waals surface area (Å²) in [6.07, 6.45) is 0.559. The number of amides is 2. The van der Waals surface area contributed by atoms with Gasteiger partial charge in [0.05, 0.1) is 0 Å². The van der Waals surface area contributed by atoms with Crippen LogP contribution < -0.4 is 5.32 Å². The molecule has 2 N–H and O–H groups in total. The van der Waals surface area contributed by atoms with Gasteiger partial charge in [-0.2, -0.15) is 0 Å². The van der Waals surface area contributed by atoms with Gasteiger partial charge in [0.2, 0.25) is 0 Å². The van der Waals surface area contributed by atoms with Crippen LogP contribution in [0.5, 0.6) is 0 Å². The molecule has 90 valence electrons. The number of carbonyl (C=O) groups is 2. The Morgan fingerprint density at radius 3 is 2.44 bits per heavy atom. The van der Waals surface area contributed by atoms with E-state index in [1.807, 2.05) is 0 Å². The van der Waals surface area contributed by atoms with Gasteiger partial charge in [-0.05, 0) is 20.8 Å². The molecule has 0 saturated carbocycles. The largest absolute Gasteiger partial charge is 0.480 e. The molecule has 5 nitrogen and oxygen atoms in total. The number of hydrogen-bond donors (Lipinski definition) is 2. The smallest absolute Gasteiger partial charge is 0.329 e. The average Bonchev–Trinajstić information content (AvgIpc) is 2.22. The molecule has 0 spiro atoms. The summed E-state index contributed by atoms with van der Waals surface area (Å²) in [6, 6.07) is -0.412. The second-order valence-electron chi connectivity index (χ2n) is 3.83. The molecule has 16 heavy (non-hydrogen) atoms. The molecule has 0 aromatic rings. The molecule has 2 amide bonds. The summed E-state index contributed by atoms with van der Waals surface area (Å²) in [6.45, 7) is 5.09. The highest BCUT2D eigenvalue weighted by molar-refractivity contribution is 5.85. The maximum atomic E-state index is 11.6. The van der Waals surface area contributed by atoms with Crippen LogP contribution in [0.3, 0.4) is 0 Å². The molecule has 0 aliphatic rings. The van der Waals surface area contributed by atoms with Crippen molar-refractivity contribution in [1.29, 1.82) is 0 Å². The first-order chi connectivity index (χ1) is 7.34. The van der Waals surface area contributed by atoms with Crippen LogP contribution in [0.2, 0.25) is 0 Å². The summed E-state index contributed by atoms with van der Waals surface area (Å²) >= 11 is 0. The molecule has 0 atom stereocenters. The summed E-state index contributed by atoms with van der Waals surface area (Å²) in [5, 5.41) is 11.5. The molecular weight excluding hydrogens is 208 g/mol. The molecule has 0 aromatic carbocycles. The van der Waals surface area contributed by atoms with E-state index in [4.69, 9.17) is 5.11 Å². The van der Waals surface area contributed by atoms with Crippen LogP contribution in [0.15, 0.2) is 0 Å². The standard InChI is InChI=1S/C11H18N2O3/c1-5-6-7-8-12-10(16)13(4)11(2,3)9(14)15/h7-8H2,1-4H3,(H,12,16)(H,14,15). The third-order valence-electron chi connectivity index (χ3n) is 2.37. The number of urea groups is 1. The zero-order chi connectivity index (χ0) is 12.8. The predicted molar refractivity (Wildman–Crippen MR) is 60.9 cm³/mol. The fraction of sp³-hybridized carbons (Fsp3) is 0.636. The molecular formula is C11H18N2O3. The quantitative estimate of drug-likeness (QED) is 0.553. The van der Waals surface area contributed by atoms with E-state index < -0.39 is 17.5 Å². The van der Waals surface area contributed by atoms with Gasteiger partial charge in [-0.15, -0.1) is 11.8 Å². The Morgan fingerprint density at radius 1 is 1.44 bits per heavy atom. The Balaban J connectivity index is 4.27. The van der Waals surface area contributed by atoms with Crippen molar-refractivity contribution in [2.75, 3.05) is 13.6 Å². The van der Waals surface area contributed by atoms with Crippen LogP contribution >= 0.6 is 0 Å². The van der Waals surface area contributed by atoms with Crippen LogP contribution in [0.1, 0.15) is 27.2 Å². The van der Waals surface area contributed by atoms with E-state index in [1.54, 1.807) is 6.92 Å². The molecule has 0 rings (SSSR count). The van der Waals surface area contributed by atoms with Gasteiger partial charge in [-0.25, -0.2) is 9.59 Å². The number of hydrogen-bond acceptors (Lipinski definition) is 2. The van der Waals surface area contributed by atoms with Crippen molar-refractivity contribution in [3.05, 3.63) is 0 Å². The fourth-order valence-electron chi connectivity index (χ4n) is 0.873. The van der Waals surface area contributed by atoms with E-state index in [0.717, 1.165) is 4.90 Å². The molecule has 0 fully saturated rings. The van der Waals surface area contributed by atoms with Crippen LogP contribution in [0.4, 0.5) is 4.79 Å². The summed E-state index contributed by atoms with van der Waals surface area (Å²) in [5.41, 5.74) is -1.22.